The van der Waals surface area contributed by atoms with Crippen molar-refractivity contribution < 1.29 is 14.3 Å². The number of likely N-dealkylation sites (tertiary alicyclic amines) is 1. The highest BCUT2D eigenvalue weighted by atomic mass is 16.5. The third kappa shape index (κ3) is 4.31. The molecule has 1 saturated heterocycles. The number of carbonyl (C=O) groups is 2. The summed E-state index contributed by atoms with van der Waals surface area (Å²) < 4.78 is 5.70. The minimum atomic E-state index is -0.494. The Balaban J connectivity index is 1.94. The molecule has 0 radical (unpaired) electrons. The van der Waals surface area contributed by atoms with Crippen LogP contribution in [-0.4, -0.2) is 35.8 Å². The second kappa shape index (κ2) is 7.25. The first-order valence-electron chi connectivity index (χ1n) is 7.64. The van der Waals surface area contributed by atoms with Crippen molar-refractivity contribution in [2.75, 3.05) is 13.1 Å². The number of nitrogens with zero attached hydrogens (tertiary/aromatic N) is 1. The SMILES string of the molecule is CC(=O)c1ccc(OC(C)C(=O)N2CCCCCC2)cc1. The second-order valence-electron chi connectivity index (χ2n) is 5.58. The van der Waals surface area contributed by atoms with E-state index < -0.39 is 6.10 Å². The lowest BCUT2D eigenvalue weighted by atomic mass is 10.1. The van der Waals surface area contributed by atoms with Gasteiger partial charge in [-0.05, 0) is 51.0 Å². The highest BCUT2D eigenvalue weighted by Crippen LogP contribution is 2.16. The fourth-order valence-electron chi connectivity index (χ4n) is 2.57. The summed E-state index contributed by atoms with van der Waals surface area (Å²) in [6.07, 6.45) is 4.06. The summed E-state index contributed by atoms with van der Waals surface area (Å²) >= 11 is 0. The molecule has 4 nitrogen and oxygen atoms in total. The quantitative estimate of drug-likeness (QED) is 0.800. The van der Waals surface area contributed by atoms with E-state index in [-0.39, 0.29) is 11.7 Å². The Morgan fingerprint density at radius 2 is 1.62 bits per heavy atom. The molecular weight excluding hydrogens is 266 g/mol. The van der Waals surface area contributed by atoms with E-state index in [2.05, 4.69) is 0 Å². The van der Waals surface area contributed by atoms with Gasteiger partial charge in [-0.1, -0.05) is 12.8 Å². The molecule has 0 aliphatic carbocycles. The molecule has 4 heteroatoms. The number of ether oxygens (including phenoxy) is 1. The standard InChI is InChI=1S/C17H23NO3/c1-13(19)15-7-9-16(10-8-15)21-14(2)17(20)18-11-5-3-4-6-12-18/h7-10,14H,3-6,11-12H2,1-2H3. The van der Waals surface area contributed by atoms with Gasteiger partial charge in [0.15, 0.2) is 11.9 Å². The van der Waals surface area contributed by atoms with Crippen LogP contribution in [0, 0.1) is 0 Å². The largest absolute Gasteiger partial charge is 0.481 e. The predicted octanol–water partition coefficient (Wildman–Crippen LogP) is 3.06. The molecule has 1 aromatic rings. The van der Waals surface area contributed by atoms with Crippen LogP contribution in [0.1, 0.15) is 49.9 Å². The Hall–Kier alpha value is -1.84. The lowest BCUT2D eigenvalue weighted by Crippen LogP contribution is -2.40. The monoisotopic (exact) mass is 289 g/mol. The minimum Gasteiger partial charge on any atom is -0.481 e. The van der Waals surface area contributed by atoms with Crippen molar-refractivity contribution in [1.29, 1.82) is 0 Å². The average Bonchev–Trinajstić information content (AvgIpc) is 2.76. The second-order valence-corrected chi connectivity index (χ2v) is 5.58. The maximum Gasteiger partial charge on any atom is 0.263 e. The average molecular weight is 289 g/mol. The Labute approximate surface area is 126 Å². The first-order chi connectivity index (χ1) is 10.1. The van der Waals surface area contributed by atoms with Gasteiger partial charge in [0.2, 0.25) is 0 Å². The van der Waals surface area contributed by atoms with Crippen molar-refractivity contribution in [1.82, 2.24) is 4.90 Å². The Kier molecular flexibility index (Phi) is 5.37. The number of carbonyl (C=O) groups excluding carboxylic acids is 2. The van der Waals surface area contributed by atoms with Gasteiger partial charge in [-0.3, -0.25) is 9.59 Å². The maximum absolute atomic E-state index is 12.4. The van der Waals surface area contributed by atoms with Gasteiger partial charge in [0, 0.05) is 18.7 Å². The zero-order valence-corrected chi connectivity index (χ0v) is 12.8. The molecule has 1 aliphatic rings. The summed E-state index contributed by atoms with van der Waals surface area (Å²) in [7, 11) is 0. The molecule has 0 spiro atoms. The summed E-state index contributed by atoms with van der Waals surface area (Å²) in [6.45, 7) is 4.97. The zero-order valence-electron chi connectivity index (χ0n) is 12.8. The number of hydrogen-bond acceptors (Lipinski definition) is 3. The number of benzene rings is 1. The fraction of sp³-hybridized carbons (Fsp3) is 0.529. The van der Waals surface area contributed by atoms with Crippen molar-refractivity contribution in [2.45, 2.75) is 45.6 Å². The van der Waals surface area contributed by atoms with Gasteiger partial charge in [-0.25, -0.2) is 0 Å². The van der Waals surface area contributed by atoms with Crippen LogP contribution in [0.15, 0.2) is 24.3 Å². The molecule has 1 fully saturated rings. The molecule has 2 rings (SSSR count). The molecule has 1 aromatic carbocycles. The number of Topliss-reactive ketones (excluding diaryl/α,β-unsaturated/α-hetero) is 1. The van der Waals surface area contributed by atoms with Crippen LogP contribution in [0.4, 0.5) is 0 Å². The number of rotatable bonds is 4. The maximum atomic E-state index is 12.4. The van der Waals surface area contributed by atoms with E-state index in [9.17, 15) is 9.59 Å². The first-order valence-corrected chi connectivity index (χ1v) is 7.64. The summed E-state index contributed by atoms with van der Waals surface area (Å²) in [5.74, 6) is 0.693. The van der Waals surface area contributed by atoms with Crippen LogP contribution >= 0.6 is 0 Å². The summed E-state index contributed by atoms with van der Waals surface area (Å²) in [5, 5.41) is 0. The van der Waals surface area contributed by atoms with Crippen LogP contribution in [0.3, 0.4) is 0 Å². The van der Waals surface area contributed by atoms with Crippen molar-refractivity contribution in [3.05, 3.63) is 29.8 Å². The van der Waals surface area contributed by atoms with E-state index >= 15 is 0 Å². The molecule has 0 aromatic heterocycles. The Morgan fingerprint density at radius 3 is 2.14 bits per heavy atom. The van der Waals surface area contributed by atoms with E-state index in [1.165, 1.54) is 19.8 Å². The van der Waals surface area contributed by atoms with Gasteiger partial charge in [0.05, 0.1) is 0 Å². The molecule has 21 heavy (non-hydrogen) atoms. The Morgan fingerprint density at radius 1 is 1.05 bits per heavy atom. The molecule has 1 unspecified atom stereocenters. The van der Waals surface area contributed by atoms with Gasteiger partial charge in [0.25, 0.3) is 5.91 Å². The first kappa shape index (κ1) is 15.5. The minimum absolute atomic E-state index is 0.0234. The van der Waals surface area contributed by atoms with Crippen LogP contribution in [0.5, 0.6) is 5.75 Å². The van der Waals surface area contributed by atoms with Crippen LogP contribution in [0.25, 0.3) is 0 Å². The van der Waals surface area contributed by atoms with Crippen molar-refractivity contribution in [3.8, 4) is 5.75 Å². The lowest BCUT2D eigenvalue weighted by Gasteiger charge is -2.24. The van der Waals surface area contributed by atoms with E-state index in [1.807, 2.05) is 4.90 Å². The van der Waals surface area contributed by atoms with Gasteiger partial charge in [0.1, 0.15) is 5.75 Å². The molecular formula is C17H23NO3. The number of ketones is 1. The fourth-order valence-corrected chi connectivity index (χ4v) is 2.57. The van der Waals surface area contributed by atoms with Crippen LogP contribution < -0.4 is 4.74 Å². The predicted molar refractivity (Wildman–Crippen MR) is 81.6 cm³/mol. The molecule has 114 valence electrons. The highest BCUT2D eigenvalue weighted by molar-refractivity contribution is 5.94. The number of amides is 1. The smallest absolute Gasteiger partial charge is 0.263 e. The lowest BCUT2D eigenvalue weighted by molar-refractivity contribution is -0.137. The number of hydrogen-bond donors (Lipinski definition) is 0. The summed E-state index contributed by atoms with van der Waals surface area (Å²) in [6, 6.07) is 6.92. The van der Waals surface area contributed by atoms with Crippen LogP contribution in [0.2, 0.25) is 0 Å². The molecule has 1 aliphatic heterocycles. The van der Waals surface area contributed by atoms with Gasteiger partial charge < -0.3 is 9.64 Å². The van der Waals surface area contributed by atoms with Gasteiger partial charge in [-0.15, -0.1) is 0 Å². The van der Waals surface area contributed by atoms with E-state index in [0.717, 1.165) is 25.9 Å². The molecule has 1 amide bonds. The molecule has 1 atom stereocenters. The normalized spacial score (nSPS) is 17.0. The van der Waals surface area contributed by atoms with E-state index in [4.69, 9.17) is 4.74 Å². The molecule has 1 heterocycles. The van der Waals surface area contributed by atoms with Crippen molar-refractivity contribution in [2.24, 2.45) is 0 Å². The third-order valence-corrected chi connectivity index (χ3v) is 3.84. The summed E-state index contributed by atoms with van der Waals surface area (Å²) in [5.41, 5.74) is 0.647. The van der Waals surface area contributed by atoms with Gasteiger partial charge >= 0.3 is 0 Å². The van der Waals surface area contributed by atoms with Crippen molar-refractivity contribution in [3.63, 3.8) is 0 Å². The summed E-state index contributed by atoms with van der Waals surface area (Å²) in [4.78, 5) is 25.5. The molecule has 0 N–H and O–H groups in total. The third-order valence-electron chi connectivity index (χ3n) is 3.84. The van der Waals surface area contributed by atoms with E-state index in [1.54, 1.807) is 31.2 Å². The highest BCUT2D eigenvalue weighted by Gasteiger charge is 2.22. The van der Waals surface area contributed by atoms with Gasteiger partial charge in [-0.2, -0.15) is 0 Å². The topological polar surface area (TPSA) is 46.6 Å². The van der Waals surface area contributed by atoms with Crippen LogP contribution in [-0.2, 0) is 4.79 Å². The molecule has 0 bridgehead atoms. The Bertz CT molecular complexity index is 487. The zero-order chi connectivity index (χ0) is 15.2. The van der Waals surface area contributed by atoms with Crippen molar-refractivity contribution >= 4 is 11.7 Å². The van der Waals surface area contributed by atoms with E-state index in [0.29, 0.717) is 11.3 Å². The molecule has 0 saturated carbocycles.